The van der Waals surface area contributed by atoms with Crippen LogP contribution in [-0.4, -0.2) is 25.6 Å². The summed E-state index contributed by atoms with van der Waals surface area (Å²) in [4.78, 5) is 11.9. The lowest BCUT2D eigenvalue weighted by molar-refractivity contribution is -0.124. The number of nitrogens with one attached hydrogen (secondary N) is 1. The number of methoxy groups -OCH3 is 1. The van der Waals surface area contributed by atoms with Gasteiger partial charge in [-0.3, -0.25) is 4.79 Å². The van der Waals surface area contributed by atoms with Gasteiger partial charge in [-0.05, 0) is 23.5 Å². The van der Waals surface area contributed by atoms with E-state index < -0.39 is 6.04 Å². The number of para-hydroxylation sites is 1. The van der Waals surface area contributed by atoms with E-state index in [0.717, 1.165) is 17.7 Å². The monoisotopic (exact) mass is 264 g/mol. The highest BCUT2D eigenvalue weighted by atomic mass is 16.5. The molecule has 1 aromatic carbocycles. The number of benzene rings is 1. The van der Waals surface area contributed by atoms with Gasteiger partial charge in [-0.25, -0.2) is 0 Å². The Kier molecular flexibility index (Phi) is 5.36. The Bertz CT molecular complexity index is 424. The van der Waals surface area contributed by atoms with Crippen LogP contribution in [0.5, 0.6) is 5.75 Å². The molecule has 1 atom stereocenters. The van der Waals surface area contributed by atoms with Gasteiger partial charge in [0, 0.05) is 6.54 Å². The van der Waals surface area contributed by atoms with E-state index in [1.807, 2.05) is 45.0 Å². The Morgan fingerprint density at radius 3 is 2.58 bits per heavy atom. The third-order valence-electron chi connectivity index (χ3n) is 3.10. The van der Waals surface area contributed by atoms with Crippen molar-refractivity contribution >= 4 is 5.91 Å². The summed E-state index contributed by atoms with van der Waals surface area (Å²) < 4.78 is 5.27. The lowest BCUT2D eigenvalue weighted by Crippen LogP contribution is -2.48. The van der Waals surface area contributed by atoms with Gasteiger partial charge in [0.25, 0.3) is 0 Å². The molecule has 4 heteroatoms. The van der Waals surface area contributed by atoms with Gasteiger partial charge in [0.1, 0.15) is 5.75 Å². The van der Waals surface area contributed by atoms with E-state index in [-0.39, 0.29) is 11.3 Å². The lowest BCUT2D eigenvalue weighted by atomic mass is 9.87. The Balaban J connectivity index is 2.49. The number of hydrogen-bond acceptors (Lipinski definition) is 3. The van der Waals surface area contributed by atoms with Gasteiger partial charge < -0.3 is 15.8 Å². The summed E-state index contributed by atoms with van der Waals surface area (Å²) in [6, 6.07) is 7.30. The molecule has 0 saturated carbocycles. The van der Waals surface area contributed by atoms with Crippen LogP contribution in [0.3, 0.4) is 0 Å². The molecule has 4 nitrogen and oxygen atoms in total. The maximum atomic E-state index is 11.9. The second-order valence-electron chi connectivity index (χ2n) is 5.70. The van der Waals surface area contributed by atoms with Gasteiger partial charge in [-0.15, -0.1) is 0 Å². The SMILES string of the molecule is COc1ccccc1CCNC(=O)C(N)C(C)(C)C. The molecule has 0 fully saturated rings. The van der Waals surface area contributed by atoms with Crippen molar-refractivity contribution in [3.05, 3.63) is 29.8 Å². The third kappa shape index (κ3) is 4.56. The molecule has 0 spiro atoms. The Hall–Kier alpha value is -1.55. The largest absolute Gasteiger partial charge is 0.496 e. The van der Waals surface area contributed by atoms with Crippen LogP contribution in [0.15, 0.2) is 24.3 Å². The first-order chi connectivity index (χ1) is 8.86. The molecule has 1 amide bonds. The van der Waals surface area contributed by atoms with Crippen LogP contribution < -0.4 is 15.8 Å². The highest BCUT2D eigenvalue weighted by molar-refractivity contribution is 5.82. The van der Waals surface area contributed by atoms with Crippen LogP contribution >= 0.6 is 0 Å². The number of amides is 1. The van der Waals surface area contributed by atoms with Crippen LogP contribution in [-0.2, 0) is 11.2 Å². The summed E-state index contributed by atoms with van der Waals surface area (Å²) in [6.07, 6.45) is 0.729. The van der Waals surface area contributed by atoms with Crippen molar-refractivity contribution < 1.29 is 9.53 Å². The van der Waals surface area contributed by atoms with Gasteiger partial charge in [-0.1, -0.05) is 39.0 Å². The van der Waals surface area contributed by atoms with Gasteiger partial charge in [0.2, 0.25) is 5.91 Å². The molecule has 3 N–H and O–H groups in total. The Labute approximate surface area is 115 Å². The Morgan fingerprint density at radius 2 is 2.00 bits per heavy atom. The molecule has 0 aliphatic heterocycles. The zero-order valence-electron chi connectivity index (χ0n) is 12.2. The van der Waals surface area contributed by atoms with Crippen molar-refractivity contribution in [3.63, 3.8) is 0 Å². The quantitative estimate of drug-likeness (QED) is 0.851. The average molecular weight is 264 g/mol. The second-order valence-corrected chi connectivity index (χ2v) is 5.70. The van der Waals surface area contributed by atoms with E-state index in [0.29, 0.717) is 6.54 Å². The molecule has 0 bridgehead atoms. The Morgan fingerprint density at radius 1 is 1.37 bits per heavy atom. The molecule has 0 heterocycles. The van der Waals surface area contributed by atoms with Crippen molar-refractivity contribution in [2.24, 2.45) is 11.1 Å². The van der Waals surface area contributed by atoms with Gasteiger partial charge >= 0.3 is 0 Å². The van der Waals surface area contributed by atoms with E-state index in [9.17, 15) is 4.79 Å². The van der Waals surface area contributed by atoms with Crippen molar-refractivity contribution in [3.8, 4) is 5.75 Å². The fourth-order valence-corrected chi connectivity index (χ4v) is 1.73. The zero-order valence-corrected chi connectivity index (χ0v) is 12.2. The standard InChI is InChI=1S/C15H24N2O2/c1-15(2,3)13(16)14(18)17-10-9-11-7-5-6-8-12(11)19-4/h5-8,13H,9-10,16H2,1-4H3,(H,17,18). The number of rotatable bonds is 5. The van der Waals surface area contributed by atoms with Crippen LogP contribution in [0.4, 0.5) is 0 Å². The third-order valence-corrected chi connectivity index (χ3v) is 3.10. The van der Waals surface area contributed by atoms with E-state index in [1.165, 1.54) is 0 Å². The van der Waals surface area contributed by atoms with Gasteiger partial charge in [-0.2, -0.15) is 0 Å². The van der Waals surface area contributed by atoms with E-state index in [1.54, 1.807) is 7.11 Å². The highest BCUT2D eigenvalue weighted by Gasteiger charge is 2.26. The molecular formula is C15H24N2O2. The summed E-state index contributed by atoms with van der Waals surface area (Å²) in [5.41, 5.74) is 6.74. The summed E-state index contributed by atoms with van der Waals surface area (Å²) in [6.45, 7) is 6.43. The van der Waals surface area contributed by atoms with Crippen LogP contribution in [0.1, 0.15) is 26.3 Å². The fourth-order valence-electron chi connectivity index (χ4n) is 1.73. The predicted octanol–water partition coefficient (Wildman–Crippen LogP) is 1.73. The van der Waals surface area contributed by atoms with Crippen molar-refractivity contribution in [1.29, 1.82) is 0 Å². The molecule has 0 radical (unpaired) electrons. The van der Waals surface area contributed by atoms with Crippen molar-refractivity contribution in [2.45, 2.75) is 33.2 Å². The summed E-state index contributed by atoms with van der Waals surface area (Å²) >= 11 is 0. The molecule has 0 aliphatic carbocycles. The molecule has 1 aromatic rings. The fraction of sp³-hybridized carbons (Fsp3) is 0.533. The highest BCUT2D eigenvalue weighted by Crippen LogP contribution is 2.18. The minimum absolute atomic E-state index is 0.109. The van der Waals surface area contributed by atoms with Gasteiger partial charge in [0.15, 0.2) is 0 Å². The number of carbonyl (C=O) groups is 1. The number of hydrogen-bond donors (Lipinski definition) is 2. The molecule has 0 saturated heterocycles. The minimum atomic E-state index is -0.495. The first-order valence-corrected chi connectivity index (χ1v) is 6.51. The molecule has 19 heavy (non-hydrogen) atoms. The topological polar surface area (TPSA) is 64.3 Å². The first-order valence-electron chi connectivity index (χ1n) is 6.51. The number of ether oxygens (including phenoxy) is 1. The lowest BCUT2D eigenvalue weighted by Gasteiger charge is -2.25. The zero-order chi connectivity index (χ0) is 14.5. The maximum absolute atomic E-state index is 11.9. The molecule has 1 unspecified atom stereocenters. The van der Waals surface area contributed by atoms with Crippen LogP contribution in [0, 0.1) is 5.41 Å². The smallest absolute Gasteiger partial charge is 0.237 e. The molecule has 0 aromatic heterocycles. The number of carbonyl (C=O) groups excluding carboxylic acids is 1. The first kappa shape index (κ1) is 15.5. The summed E-state index contributed by atoms with van der Waals surface area (Å²) in [5, 5.41) is 2.87. The second kappa shape index (κ2) is 6.57. The molecule has 0 aliphatic rings. The molecule has 1 rings (SSSR count). The van der Waals surface area contributed by atoms with E-state index in [2.05, 4.69) is 5.32 Å². The predicted molar refractivity (Wildman–Crippen MR) is 77.1 cm³/mol. The molecule has 106 valence electrons. The van der Waals surface area contributed by atoms with Crippen molar-refractivity contribution in [2.75, 3.05) is 13.7 Å². The number of nitrogens with two attached hydrogens (primary N) is 1. The normalized spacial score (nSPS) is 12.9. The summed E-state index contributed by atoms with van der Waals surface area (Å²) in [7, 11) is 1.65. The van der Waals surface area contributed by atoms with E-state index in [4.69, 9.17) is 10.5 Å². The maximum Gasteiger partial charge on any atom is 0.237 e. The minimum Gasteiger partial charge on any atom is -0.496 e. The van der Waals surface area contributed by atoms with E-state index >= 15 is 0 Å². The van der Waals surface area contributed by atoms with Gasteiger partial charge in [0.05, 0.1) is 13.2 Å². The van der Waals surface area contributed by atoms with Crippen LogP contribution in [0.25, 0.3) is 0 Å². The summed E-state index contributed by atoms with van der Waals surface area (Å²) in [5.74, 6) is 0.735. The van der Waals surface area contributed by atoms with Crippen LogP contribution in [0.2, 0.25) is 0 Å². The molecular weight excluding hydrogens is 240 g/mol. The van der Waals surface area contributed by atoms with Crippen molar-refractivity contribution in [1.82, 2.24) is 5.32 Å². The average Bonchev–Trinajstić information content (AvgIpc) is 2.37.